The van der Waals surface area contributed by atoms with E-state index in [1.807, 2.05) is 0 Å². The van der Waals surface area contributed by atoms with Crippen molar-refractivity contribution >= 4 is 29.2 Å². The molecule has 0 aliphatic carbocycles. The van der Waals surface area contributed by atoms with Crippen LogP contribution in [0.3, 0.4) is 0 Å². The van der Waals surface area contributed by atoms with Gasteiger partial charge in [0.1, 0.15) is 10.9 Å². The average molecular weight is 199 g/mol. The quantitative estimate of drug-likeness (QED) is 0.515. The van der Waals surface area contributed by atoms with Gasteiger partial charge in [-0.3, -0.25) is 4.79 Å². The summed E-state index contributed by atoms with van der Waals surface area (Å²) in [6.07, 6.45) is 0. The summed E-state index contributed by atoms with van der Waals surface area (Å²) in [5.74, 6) is -0.414. The van der Waals surface area contributed by atoms with Crippen LogP contribution in [-0.4, -0.2) is 16.9 Å². The Hall–Kier alpha value is 0.0500. The fraction of sp³-hybridized carbons (Fsp3) is 0.857. The molecule has 0 aliphatic heterocycles. The summed E-state index contributed by atoms with van der Waals surface area (Å²) in [5.41, 5.74) is 0. The van der Waals surface area contributed by atoms with Crippen LogP contribution in [0.1, 0.15) is 20.8 Å². The number of halogens is 2. The summed E-state index contributed by atoms with van der Waals surface area (Å²) in [4.78, 5) is 10.8. The normalized spacial score (nSPS) is 11.8. The second-order valence-corrected chi connectivity index (χ2v) is 4.69. The summed E-state index contributed by atoms with van der Waals surface area (Å²) < 4.78 is 3.78. The van der Waals surface area contributed by atoms with Gasteiger partial charge >= 0.3 is 5.97 Å². The summed E-state index contributed by atoms with van der Waals surface area (Å²) in [7, 11) is 0. The Morgan fingerprint density at radius 2 is 2.00 bits per heavy atom. The molecule has 0 aromatic carbocycles. The van der Waals surface area contributed by atoms with E-state index in [2.05, 4.69) is 0 Å². The first-order chi connectivity index (χ1) is 4.83. The number of hydrogen-bond acceptors (Lipinski definition) is 2. The Kier molecular flexibility index (Phi) is 4.19. The van der Waals surface area contributed by atoms with E-state index in [1.165, 1.54) is 0 Å². The fourth-order valence-electron chi connectivity index (χ4n) is 0.365. The first-order valence-electron chi connectivity index (χ1n) is 3.37. The highest BCUT2D eigenvalue weighted by Crippen LogP contribution is 2.19. The number of ether oxygens (including phenoxy) is 1. The molecule has 0 fully saturated rings. The molecule has 0 unspecified atom stereocenters. The zero-order valence-electron chi connectivity index (χ0n) is 6.86. The van der Waals surface area contributed by atoms with Gasteiger partial charge in [0.15, 0.2) is 0 Å². The van der Waals surface area contributed by atoms with Gasteiger partial charge in [-0.25, -0.2) is 0 Å². The first-order valence-corrected chi connectivity index (χ1v) is 4.13. The minimum Gasteiger partial charge on any atom is -0.462 e. The Morgan fingerprint density at radius 1 is 1.55 bits per heavy atom. The van der Waals surface area contributed by atoms with Crippen molar-refractivity contribution < 1.29 is 9.53 Å². The lowest BCUT2D eigenvalue weighted by Gasteiger charge is -2.14. The van der Waals surface area contributed by atoms with Crippen LogP contribution in [0.5, 0.6) is 0 Å². The van der Waals surface area contributed by atoms with Gasteiger partial charge in [-0.05, 0) is 6.92 Å². The Morgan fingerprint density at radius 3 is 2.27 bits per heavy atom. The van der Waals surface area contributed by atoms with E-state index in [0.717, 1.165) is 0 Å². The molecule has 0 aromatic rings. The molecule has 0 heterocycles. The van der Waals surface area contributed by atoms with E-state index in [1.54, 1.807) is 20.8 Å². The number of carbonyl (C=O) groups is 1. The molecule has 0 radical (unpaired) electrons. The molecule has 0 rings (SSSR count). The molecule has 66 valence electrons. The third kappa shape index (κ3) is 6.45. The van der Waals surface area contributed by atoms with Crippen molar-refractivity contribution in [2.45, 2.75) is 25.1 Å². The number of rotatable bonds is 3. The molecule has 2 nitrogen and oxygen atoms in total. The van der Waals surface area contributed by atoms with E-state index < -0.39 is 4.33 Å². The molecule has 0 spiro atoms. The molecule has 11 heavy (non-hydrogen) atoms. The van der Waals surface area contributed by atoms with Gasteiger partial charge in [-0.1, -0.05) is 37.0 Å². The fourth-order valence-corrected chi connectivity index (χ4v) is 0.474. The minimum absolute atomic E-state index is 0.0348. The predicted octanol–water partition coefficient (Wildman–Crippen LogP) is 2.38. The van der Waals surface area contributed by atoms with Gasteiger partial charge in [-0.2, -0.15) is 0 Å². The van der Waals surface area contributed by atoms with Gasteiger partial charge in [-0.15, -0.1) is 0 Å². The van der Waals surface area contributed by atoms with Crippen molar-refractivity contribution in [2.24, 2.45) is 5.92 Å². The standard InChI is InChI=1S/C7H12Cl2O2/c1-5(2)6(10)11-4-7(3,8)9/h5H,4H2,1-3H3. The van der Waals surface area contributed by atoms with Gasteiger partial charge in [0.2, 0.25) is 0 Å². The highest BCUT2D eigenvalue weighted by atomic mass is 35.5. The van der Waals surface area contributed by atoms with Crippen molar-refractivity contribution in [3.05, 3.63) is 0 Å². The van der Waals surface area contributed by atoms with Crippen molar-refractivity contribution in [2.75, 3.05) is 6.61 Å². The van der Waals surface area contributed by atoms with E-state index in [-0.39, 0.29) is 18.5 Å². The lowest BCUT2D eigenvalue weighted by molar-refractivity contribution is -0.147. The van der Waals surface area contributed by atoms with Gasteiger partial charge in [0.05, 0.1) is 5.92 Å². The first kappa shape index (κ1) is 11.1. The SMILES string of the molecule is CC(C)C(=O)OCC(C)(Cl)Cl. The van der Waals surface area contributed by atoms with Crippen LogP contribution >= 0.6 is 23.2 Å². The van der Waals surface area contributed by atoms with Crippen LogP contribution in [0.25, 0.3) is 0 Å². The Bertz CT molecular complexity index is 138. The smallest absolute Gasteiger partial charge is 0.308 e. The van der Waals surface area contributed by atoms with Crippen molar-refractivity contribution in [3.63, 3.8) is 0 Å². The van der Waals surface area contributed by atoms with Gasteiger partial charge in [0, 0.05) is 0 Å². The maximum atomic E-state index is 10.8. The topological polar surface area (TPSA) is 26.3 Å². The second-order valence-electron chi connectivity index (χ2n) is 2.83. The summed E-state index contributed by atoms with van der Waals surface area (Å²) >= 11 is 11.1. The highest BCUT2D eigenvalue weighted by molar-refractivity contribution is 6.48. The molecule has 0 bridgehead atoms. The van der Waals surface area contributed by atoms with Gasteiger partial charge < -0.3 is 4.74 Å². The average Bonchev–Trinajstić information content (AvgIpc) is 1.80. The number of hydrogen-bond donors (Lipinski definition) is 0. The molecule has 0 atom stereocenters. The zero-order chi connectivity index (χ0) is 9.07. The van der Waals surface area contributed by atoms with E-state index in [9.17, 15) is 4.79 Å². The van der Waals surface area contributed by atoms with Crippen molar-refractivity contribution in [1.29, 1.82) is 0 Å². The maximum absolute atomic E-state index is 10.8. The van der Waals surface area contributed by atoms with Crippen LogP contribution in [0.15, 0.2) is 0 Å². The Labute approximate surface area is 76.8 Å². The third-order valence-corrected chi connectivity index (χ3v) is 1.16. The van der Waals surface area contributed by atoms with E-state index in [0.29, 0.717) is 0 Å². The molecule has 0 amide bonds. The molecule has 0 aliphatic rings. The lowest BCUT2D eigenvalue weighted by atomic mass is 10.2. The van der Waals surface area contributed by atoms with Crippen LogP contribution < -0.4 is 0 Å². The van der Waals surface area contributed by atoms with Crippen LogP contribution in [0.4, 0.5) is 0 Å². The minimum atomic E-state index is -0.982. The number of esters is 1. The van der Waals surface area contributed by atoms with Crippen molar-refractivity contribution in [1.82, 2.24) is 0 Å². The van der Waals surface area contributed by atoms with E-state index in [4.69, 9.17) is 27.9 Å². The predicted molar refractivity (Wildman–Crippen MR) is 45.9 cm³/mol. The molecule has 0 aromatic heterocycles. The van der Waals surface area contributed by atoms with Crippen LogP contribution in [0.2, 0.25) is 0 Å². The molecule has 0 N–H and O–H groups in total. The summed E-state index contributed by atoms with van der Waals surface area (Å²) in [6.45, 7) is 5.11. The van der Waals surface area contributed by atoms with Crippen molar-refractivity contribution in [3.8, 4) is 0 Å². The number of carbonyl (C=O) groups excluding carboxylic acids is 1. The van der Waals surface area contributed by atoms with Crippen LogP contribution in [0, 0.1) is 5.92 Å². The monoisotopic (exact) mass is 198 g/mol. The van der Waals surface area contributed by atoms with Crippen LogP contribution in [-0.2, 0) is 9.53 Å². The highest BCUT2D eigenvalue weighted by Gasteiger charge is 2.19. The third-order valence-electron chi connectivity index (χ3n) is 0.939. The number of alkyl halides is 2. The summed E-state index contributed by atoms with van der Waals surface area (Å²) in [5, 5.41) is 0. The molecule has 4 heteroatoms. The second kappa shape index (κ2) is 4.17. The molecule has 0 saturated heterocycles. The summed E-state index contributed by atoms with van der Waals surface area (Å²) in [6, 6.07) is 0. The zero-order valence-corrected chi connectivity index (χ0v) is 8.37. The molecular weight excluding hydrogens is 187 g/mol. The lowest BCUT2D eigenvalue weighted by Crippen LogP contribution is -2.21. The maximum Gasteiger partial charge on any atom is 0.308 e. The Balaban J connectivity index is 3.64. The molecule has 0 saturated carbocycles. The molecular formula is C7H12Cl2O2. The van der Waals surface area contributed by atoms with E-state index >= 15 is 0 Å². The van der Waals surface area contributed by atoms with Gasteiger partial charge in [0.25, 0.3) is 0 Å². The largest absolute Gasteiger partial charge is 0.462 e.